The summed E-state index contributed by atoms with van der Waals surface area (Å²) in [5.74, 6) is 0.0495. The van der Waals surface area contributed by atoms with Gasteiger partial charge >= 0.3 is 0 Å². The van der Waals surface area contributed by atoms with E-state index in [0.29, 0.717) is 6.42 Å². The molecule has 0 radical (unpaired) electrons. The van der Waals surface area contributed by atoms with Crippen LogP contribution in [0, 0.1) is 0 Å². The van der Waals surface area contributed by atoms with Gasteiger partial charge in [0, 0.05) is 18.0 Å². The summed E-state index contributed by atoms with van der Waals surface area (Å²) in [4.78, 5) is 11.4. The van der Waals surface area contributed by atoms with Crippen molar-refractivity contribution in [3.05, 3.63) is 0 Å². The van der Waals surface area contributed by atoms with Crippen molar-refractivity contribution in [1.82, 2.24) is 5.32 Å². The fourth-order valence-electron chi connectivity index (χ4n) is 1.24. The highest BCUT2D eigenvalue weighted by atomic mass is 16.1. The largest absolute Gasteiger partial charge is 0.354 e. The Morgan fingerprint density at radius 3 is 2.46 bits per heavy atom. The van der Waals surface area contributed by atoms with Crippen molar-refractivity contribution in [1.29, 1.82) is 0 Å². The lowest BCUT2D eigenvalue weighted by molar-refractivity contribution is -0.122. The number of carbonyl (C=O) groups excluding carboxylic acids is 1. The van der Waals surface area contributed by atoms with Gasteiger partial charge in [-0.15, -0.1) is 0 Å². The molecular weight excluding hydrogens is 164 g/mol. The number of hydrogen-bond acceptors (Lipinski definition) is 2. The molecule has 1 atom stereocenters. The van der Waals surface area contributed by atoms with Gasteiger partial charge in [0.15, 0.2) is 0 Å². The standard InChI is InChI=1S/C10H22N2O/c1-5-6-8(2)12-9(13)7-10(3,4)11/h8H,5-7,11H2,1-4H3,(H,12,13). The molecule has 0 rings (SSSR count). The lowest BCUT2D eigenvalue weighted by atomic mass is 10.0. The topological polar surface area (TPSA) is 55.1 Å². The molecule has 3 nitrogen and oxygen atoms in total. The van der Waals surface area contributed by atoms with E-state index in [-0.39, 0.29) is 11.9 Å². The third-order valence-corrected chi connectivity index (χ3v) is 1.75. The predicted octanol–water partition coefficient (Wildman–Crippen LogP) is 1.42. The Morgan fingerprint density at radius 1 is 1.54 bits per heavy atom. The van der Waals surface area contributed by atoms with Crippen LogP contribution in [-0.2, 0) is 4.79 Å². The van der Waals surface area contributed by atoms with E-state index in [4.69, 9.17) is 5.73 Å². The Kier molecular flexibility index (Phi) is 4.99. The van der Waals surface area contributed by atoms with Crippen molar-refractivity contribution in [3.8, 4) is 0 Å². The molecule has 1 amide bonds. The van der Waals surface area contributed by atoms with Crippen LogP contribution in [0.2, 0.25) is 0 Å². The highest BCUT2D eigenvalue weighted by Crippen LogP contribution is 2.04. The third kappa shape index (κ3) is 7.78. The van der Waals surface area contributed by atoms with Crippen LogP contribution in [0.4, 0.5) is 0 Å². The van der Waals surface area contributed by atoms with E-state index < -0.39 is 5.54 Å². The Bertz CT molecular complexity index is 161. The van der Waals surface area contributed by atoms with E-state index in [9.17, 15) is 4.79 Å². The lowest BCUT2D eigenvalue weighted by Crippen LogP contribution is -2.41. The summed E-state index contributed by atoms with van der Waals surface area (Å²) >= 11 is 0. The van der Waals surface area contributed by atoms with Crippen molar-refractivity contribution in [3.63, 3.8) is 0 Å². The van der Waals surface area contributed by atoms with Crippen LogP contribution in [0.5, 0.6) is 0 Å². The highest BCUT2D eigenvalue weighted by Gasteiger charge is 2.17. The maximum Gasteiger partial charge on any atom is 0.222 e. The van der Waals surface area contributed by atoms with Gasteiger partial charge in [-0.25, -0.2) is 0 Å². The molecular formula is C10H22N2O. The molecule has 0 saturated carbocycles. The van der Waals surface area contributed by atoms with Gasteiger partial charge in [-0.2, -0.15) is 0 Å². The van der Waals surface area contributed by atoms with Crippen LogP contribution in [0.25, 0.3) is 0 Å². The van der Waals surface area contributed by atoms with Crippen molar-refractivity contribution >= 4 is 5.91 Å². The van der Waals surface area contributed by atoms with Crippen molar-refractivity contribution in [2.24, 2.45) is 5.73 Å². The van der Waals surface area contributed by atoms with Gasteiger partial charge in [0.2, 0.25) is 5.91 Å². The zero-order valence-electron chi connectivity index (χ0n) is 9.18. The summed E-state index contributed by atoms with van der Waals surface area (Å²) in [5, 5.41) is 2.92. The van der Waals surface area contributed by atoms with Crippen LogP contribution in [-0.4, -0.2) is 17.5 Å². The molecule has 0 aliphatic carbocycles. The molecule has 0 aromatic heterocycles. The molecule has 0 aliphatic rings. The minimum absolute atomic E-state index is 0.0495. The van der Waals surface area contributed by atoms with Gasteiger partial charge in [0.1, 0.15) is 0 Å². The summed E-state index contributed by atoms with van der Waals surface area (Å²) in [5.41, 5.74) is 5.32. The first-order valence-corrected chi connectivity index (χ1v) is 4.93. The SMILES string of the molecule is CCCC(C)NC(=O)CC(C)(C)N. The lowest BCUT2D eigenvalue weighted by Gasteiger charge is -2.19. The number of carbonyl (C=O) groups is 1. The number of nitrogens with one attached hydrogen (secondary N) is 1. The Hall–Kier alpha value is -0.570. The maximum atomic E-state index is 11.4. The summed E-state index contributed by atoms with van der Waals surface area (Å²) < 4.78 is 0. The van der Waals surface area contributed by atoms with Gasteiger partial charge in [-0.05, 0) is 27.2 Å². The molecule has 0 saturated heterocycles. The van der Waals surface area contributed by atoms with Gasteiger partial charge in [-0.1, -0.05) is 13.3 Å². The van der Waals surface area contributed by atoms with Gasteiger partial charge in [-0.3, -0.25) is 4.79 Å². The second kappa shape index (κ2) is 5.22. The van der Waals surface area contributed by atoms with E-state index in [2.05, 4.69) is 12.2 Å². The normalized spacial score (nSPS) is 13.9. The molecule has 0 aliphatic heterocycles. The molecule has 0 aromatic carbocycles. The molecule has 0 spiro atoms. The molecule has 0 heterocycles. The average molecular weight is 186 g/mol. The summed E-state index contributed by atoms with van der Waals surface area (Å²) in [6.07, 6.45) is 2.51. The fraction of sp³-hybridized carbons (Fsp3) is 0.900. The van der Waals surface area contributed by atoms with E-state index in [0.717, 1.165) is 12.8 Å². The zero-order chi connectivity index (χ0) is 10.5. The first kappa shape index (κ1) is 12.4. The third-order valence-electron chi connectivity index (χ3n) is 1.75. The molecule has 0 aromatic rings. The zero-order valence-corrected chi connectivity index (χ0v) is 9.18. The highest BCUT2D eigenvalue weighted by molar-refractivity contribution is 5.77. The monoisotopic (exact) mass is 186 g/mol. The second-order valence-corrected chi connectivity index (χ2v) is 4.42. The van der Waals surface area contributed by atoms with Crippen LogP contribution in [0.15, 0.2) is 0 Å². The summed E-state index contributed by atoms with van der Waals surface area (Å²) in [6.45, 7) is 7.84. The predicted molar refractivity (Wildman–Crippen MR) is 55.4 cm³/mol. The fourth-order valence-corrected chi connectivity index (χ4v) is 1.24. The second-order valence-electron chi connectivity index (χ2n) is 4.42. The minimum Gasteiger partial charge on any atom is -0.354 e. The van der Waals surface area contributed by atoms with E-state index >= 15 is 0 Å². The number of hydrogen-bond donors (Lipinski definition) is 2. The number of rotatable bonds is 5. The Balaban J connectivity index is 3.74. The van der Waals surface area contributed by atoms with Crippen LogP contribution >= 0.6 is 0 Å². The average Bonchev–Trinajstić information content (AvgIpc) is 1.81. The number of nitrogens with two attached hydrogens (primary N) is 1. The maximum absolute atomic E-state index is 11.4. The van der Waals surface area contributed by atoms with E-state index in [1.54, 1.807) is 0 Å². The summed E-state index contributed by atoms with van der Waals surface area (Å²) in [7, 11) is 0. The Labute approximate surface area is 81.1 Å². The van der Waals surface area contributed by atoms with Crippen LogP contribution in [0.1, 0.15) is 47.0 Å². The van der Waals surface area contributed by atoms with Crippen LogP contribution in [0.3, 0.4) is 0 Å². The molecule has 3 heteroatoms. The molecule has 1 unspecified atom stereocenters. The molecule has 78 valence electrons. The molecule has 13 heavy (non-hydrogen) atoms. The quantitative estimate of drug-likeness (QED) is 0.682. The number of amides is 1. The van der Waals surface area contributed by atoms with E-state index in [1.165, 1.54) is 0 Å². The van der Waals surface area contributed by atoms with E-state index in [1.807, 2.05) is 20.8 Å². The van der Waals surface area contributed by atoms with Crippen molar-refractivity contribution in [2.45, 2.75) is 58.5 Å². The Morgan fingerprint density at radius 2 is 2.08 bits per heavy atom. The first-order valence-electron chi connectivity index (χ1n) is 4.93. The van der Waals surface area contributed by atoms with Gasteiger partial charge in [0.25, 0.3) is 0 Å². The van der Waals surface area contributed by atoms with Gasteiger partial charge < -0.3 is 11.1 Å². The minimum atomic E-state index is -0.407. The molecule has 0 bridgehead atoms. The smallest absolute Gasteiger partial charge is 0.222 e. The molecule has 0 fully saturated rings. The summed E-state index contributed by atoms with van der Waals surface area (Å²) in [6, 6.07) is 0.264. The van der Waals surface area contributed by atoms with Crippen molar-refractivity contribution < 1.29 is 4.79 Å². The molecule has 3 N–H and O–H groups in total. The first-order chi connectivity index (χ1) is 5.85. The van der Waals surface area contributed by atoms with Crippen molar-refractivity contribution in [2.75, 3.05) is 0 Å². The van der Waals surface area contributed by atoms with Crippen LogP contribution < -0.4 is 11.1 Å². The van der Waals surface area contributed by atoms with Gasteiger partial charge in [0.05, 0.1) is 0 Å².